The highest BCUT2D eigenvalue weighted by Crippen LogP contribution is 2.46. The summed E-state index contributed by atoms with van der Waals surface area (Å²) < 4.78 is 6.73. The van der Waals surface area contributed by atoms with Crippen LogP contribution in [0.3, 0.4) is 0 Å². The maximum absolute atomic E-state index is 6.73. The molecule has 0 aliphatic heterocycles. The van der Waals surface area contributed by atoms with Gasteiger partial charge in [0.05, 0.1) is 11.1 Å². The van der Waals surface area contributed by atoms with E-state index in [0.29, 0.717) is 0 Å². The predicted octanol–water partition coefficient (Wildman–Crippen LogP) is 17.2. The zero-order chi connectivity index (χ0) is 41.0. The number of hydrogen-bond acceptors (Lipinski definition) is 2. The Labute approximate surface area is 360 Å². The van der Waals surface area contributed by atoms with Crippen molar-refractivity contribution in [3.63, 3.8) is 0 Å². The summed E-state index contributed by atoms with van der Waals surface area (Å²) in [5.74, 6) is 0. The summed E-state index contributed by atoms with van der Waals surface area (Å²) in [6.07, 6.45) is 0. The Kier molecular flexibility index (Phi) is 8.53. The van der Waals surface area contributed by atoms with Gasteiger partial charge in [-0.25, -0.2) is 0 Å². The summed E-state index contributed by atoms with van der Waals surface area (Å²) in [4.78, 5) is 2.38. The van der Waals surface area contributed by atoms with Crippen molar-refractivity contribution in [2.75, 3.05) is 4.90 Å². The Bertz CT molecular complexity index is 3610. The summed E-state index contributed by atoms with van der Waals surface area (Å²) in [6.45, 7) is 0. The number of fused-ring (bicyclic) bond motifs is 8. The second kappa shape index (κ2) is 14.8. The Balaban J connectivity index is 1.02. The van der Waals surface area contributed by atoms with Gasteiger partial charge < -0.3 is 9.32 Å². The summed E-state index contributed by atoms with van der Waals surface area (Å²) in [5.41, 5.74) is 14.5. The number of benzene rings is 11. The lowest BCUT2D eigenvalue weighted by Crippen LogP contribution is -2.10. The van der Waals surface area contributed by atoms with Crippen LogP contribution in [0, 0.1) is 0 Å². The van der Waals surface area contributed by atoms with E-state index in [4.69, 9.17) is 4.42 Å². The topological polar surface area (TPSA) is 16.4 Å². The molecule has 0 bridgehead atoms. The molecule has 0 unspecified atom stereocenters. The fourth-order valence-corrected chi connectivity index (χ4v) is 9.48. The highest BCUT2D eigenvalue weighted by molar-refractivity contribution is 6.20. The molecule has 0 saturated carbocycles. The Morgan fingerprint density at radius 2 is 0.855 bits per heavy atom. The van der Waals surface area contributed by atoms with Gasteiger partial charge in [-0.15, -0.1) is 0 Å². The van der Waals surface area contributed by atoms with Crippen LogP contribution in [0.25, 0.3) is 98.8 Å². The van der Waals surface area contributed by atoms with Crippen molar-refractivity contribution in [1.29, 1.82) is 0 Å². The molecule has 2 heteroatoms. The fourth-order valence-electron chi connectivity index (χ4n) is 9.48. The molecule has 1 heterocycles. The van der Waals surface area contributed by atoms with E-state index in [-0.39, 0.29) is 0 Å². The lowest BCUT2D eigenvalue weighted by atomic mass is 9.91. The second-order valence-electron chi connectivity index (χ2n) is 16.0. The Morgan fingerprint density at radius 1 is 0.290 bits per heavy atom. The van der Waals surface area contributed by atoms with E-state index in [1.807, 2.05) is 0 Å². The first-order valence-corrected chi connectivity index (χ1v) is 21.2. The van der Waals surface area contributed by atoms with Gasteiger partial charge >= 0.3 is 0 Å². The van der Waals surface area contributed by atoms with Crippen molar-refractivity contribution in [3.05, 3.63) is 237 Å². The third-order valence-electron chi connectivity index (χ3n) is 12.5. The van der Waals surface area contributed by atoms with E-state index < -0.39 is 0 Å². The van der Waals surface area contributed by atoms with Crippen molar-refractivity contribution in [2.24, 2.45) is 0 Å². The van der Waals surface area contributed by atoms with Gasteiger partial charge in [0, 0.05) is 22.1 Å². The molecule has 62 heavy (non-hydrogen) atoms. The maximum atomic E-state index is 6.73. The van der Waals surface area contributed by atoms with Gasteiger partial charge in [0.2, 0.25) is 0 Å². The van der Waals surface area contributed by atoms with E-state index in [1.165, 1.54) is 60.5 Å². The molecule has 12 aromatic rings. The summed E-state index contributed by atoms with van der Waals surface area (Å²) in [6, 6.07) is 85.4. The molecule has 0 fully saturated rings. The van der Waals surface area contributed by atoms with Crippen molar-refractivity contribution >= 4 is 71.3 Å². The zero-order valence-corrected chi connectivity index (χ0v) is 33.9. The second-order valence-corrected chi connectivity index (χ2v) is 16.0. The van der Waals surface area contributed by atoms with E-state index >= 15 is 0 Å². The normalized spacial score (nSPS) is 11.5. The van der Waals surface area contributed by atoms with Crippen LogP contribution >= 0.6 is 0 Å². The zero-order valence-electron chi connectivity index (χ0n) is 33.9. The van der Waals surface area contributed by atoms with E-state index in [9.17, 15) is 0 Å². The third kappa shape index (κ3) is 6.04. The monoisotopic (exact) mass is 789 g/mol. The van der Waals surface area contributed by atoms with Crippen molar-refractivity contribution in [1.82, 2.24) is 0 Å². The standard InChI is InChI=1S/C60H39NO/c1-3-14-40(15-4-1)45-31-36-50(55(38-45)41-16-5-2-6-17-41)43-26-32-47(33-27-43)61(57-24-13-25-58-59(57)54-37-30-42-18-7-10-21-51(42)60(54)62-58)48-34-28-44(29-35-48)56-39-46-19-8-9-20-49(46)52-22-11-12-23-53(52)56/h1-39H. The molecule has 290 valence electrons. The first-order chi connectivity index (χ1) is 30.7. The molecule has 0 atom stereocenters. The molecule has 0 radical (unpaired) electrons. The van der Waals surface area contributed by atoms with Crippen LogP contribution in [-0.4, -0.2) is 0 Å². The van der Waals surface area contributed by atoms with Crippen LogP contribution in [0.5, 0.6) is 0 Å². The smallest absolute Gasteiger partial charge is 0.143 e. The minimum atomic E-state index is 0.862. The van der Waals surface area contributed by atoms with Gasteiger partial charge in [-0.1, -0.05) is 182 Å². The van der Waals surface area contributed by atoms with E-state index in [0.717, 1.165) is 55.3 Å². The Morgan fingerprint density at radius 3 is 1.58 bits per heavy atom. The van der Waals surface area contributed by atoms with Crippen molar-refractivity contribution < 1.29 is 4.42 Å². The van der Waals surface area contributed by atoms with Crippen LogP contribution in [-0.2, 0) is 0 Å². The van der Waals surface area contributed by atoms with Crippen LogP contribution in [0.1, 0.15) is 0 Å². The highest BCUT2D eigenvalue weighted by Gasteiger charge is 2.21. The predicted molar refractivity (Wildman–Crippen MR) is 263 cm³/mol. The van der Waals surface area contributed by atoms with Gasteiger partial charge in [0.25, 0.3) is 0 Å². The van der Waals surface area contributed by atoms with Crippen LogP contribution < -0.4 is 4.90 Å². The number of furan rings is 1. The third-order valence-corrected chi connectivity index (χ3v) is 12.5. The minimum absolute atomic E-state index is 0.862. The molecule has 0 spiro atoms. The van der Waals surface area contributed by atoms with Crippen LogP contribution in [0.4, 0.5) is 17.1 Å². The first-order valence-electron chi connectivity index (χ1n) is 21.2. The molecule has 0 amide bonds. The van der Waals surface area contributed by atoms with E-state index in [2.05, 4.69) is 241 Å². The lowest BCUT2D eigenvalue weighted by molar-refractivity contribution is 0.672. The molecule has 12 rings (SSSR count). The molecule has 0 N–H and O–H groups in total. The lowest BCUT2D eigenvalue weighted by Gasteiger charge is -2.27. The molecule has 11 aromatic carbocycles. The number of rotatable bonds is 7. The molecule has 1 aromatic heterocycles. The number of hydrogen-bond donors (Lipinski definition) is 0. The number of nitrogens with zero attached hydrogens (tertiary/aromatic N) is 1. The molecule has 0 aliphatic carbocycles. The quantitative estimate of drug-likeness (QED) is 0.150. The molecule has 0 saturated heterocycles. The maximum Gasteiger partial charge on any atom is 0.143 e. The summed E-state index contributed by atoms with van der Waals surface area (Å²) >= 11 is 0. The largest absolute Gasteiger partial charge is 0.455 e. The van der Waals surface area contributed by atoms with Gasteiger partial charge in [-0.05, 0) is 126 Å². The van der Waals surface area contributed by atoms with Gasteiger partial charge in [0.1, 0.15) is 11.2 Å². The van der Waals surface area contributed by atoms with E-state index in [1.54, 1.807) is 0 Å². The van der Waals surface area contributed by atoms with Gasteiger partial charge in [-0.3, -0.25) is 0 Å². The molecule has 2 nitrogen and oxygen atoms in total. The average Bonchev–Trinajstić information content (AvgIpc) is 3.75. The SMILES string of the molecule is c1ccc(-c2ccc(-c3ccc(N(c4ccc(-c5cc6ccccc6c6ccccc56)cc4)c4cccc5oc6c7ccccc7ccc6c45)cc3)c(-c3ccccc3)c2)cc1. The van der Waals surface area contributed by atoms with Crippen LogP contribution in [0.2, 0.25) is 0 Å². The molecular formula is C60H39NO. The first kappa shape index (κ1) is 35.7. The molecule has 0 aliphatic rings. The molecular weight excluding hydrogens is 751 g/mol. The minimum Gasteiger partial charge on any atom is -0.455 e. The van der Waals surface area contributed by atoms with Crippen molar-refractivity contribution in [2.45, 2.75) is 0 Å². The van der Waals surface area contributed by atoms with Crippen LogP contribution in [0.15, 0.2) is 241 Å². The van der Waals surface area contributed by atoms with Gasteiger partial charge in [0.15, 0.2) is 0 Å². The fraction of sp³-hybridized carbons (Fsp3) is 0. The average molecular weight is 790 g/mol. The van der Waals surface area contributed by atoms with Gasteiger partial charge in [-0.2, -0.15) is 0 Å². The van der Waals surface area contributed by atoms with Crippen molar-refractivity contribution in [3.8, 4) is 44.5 Å². The summed E-state index contributed by atoms with van der Waals surface area (Å²) in [5, 5.41) is 9.49. The highest BCUT2D eigenvalue weighted by atomic mass is 16.3. The number of anilines is 3. The Hall–Kier alpha value is -8.20. The summed E-state index contributed by atoms with van der Waals surface area (Å²) in [7, 11) is 0.